The van der Waals surface area contributed by atoms with E-state index in [1.54, 1.807) is 12.1 Å². The Morgan fingerprint density at radius 1 is 1.29 bits per heavy atom. The molecule has 1 aromatic rings. The number of carbonyl (C=O) groups excluding carboxylic acids is 1. The van der Waals surface area contributed by atoms with Gasteiger partial charge in [-0.15, -0.1) is 0 Å². The van der Waals surface area contributed by atoms with Gasteiger partial charge in [0.1, 0.15) is 0 Å². The highest BCUT2D eigenvalue weighted by Gasteiger charge is 2.21. The topological polar surface area (TPSA) is 60.2 Å². The Labute approximate surface area is 102 Å². The Balaban J connectivity index is 2.86. The maximum atomic E-state index is 11.9. The first-order valence-electron chi connectivity index (χ1n) is 5.58. The molecule has 0 aliphatic carbocycles. The zero-order valence-electron chi connectivity index (χ0n) is 10.4. The summed E-state index contributed by atoms with van der Waals surface area (Å²) in [5, 5.41) is 10.8. The van der Waals surface area contributed by atoms with E-state index in [1.807, 2.05) is 0 Å². The Kier molecular flexibility index (Phi) is 4.17. The summed E-state index contributed by atoms with van der Waals surface area (Å²) >= 11 is 0. The number of Topliss-reactive ketones (excluding diaryl/α,β-unsaturated/α-hetero) is 1. The van der Waals surface area contributed by atoms with Gasteiger partial charge in [-0.1, -0.05) is 37.8 Å². The summed E-state index contributed by atoms with van der Waals surface area (Å²) in [6.07, 6.45) is 0.403. The molecule has 0 aromatic heterocycles. The molecule has 0 saturated carbocycles. The molecule has 4 nitrogen and oxygen atoms in total. The molecule has 0 aliphatic heterocycles. The third-order valence-electron chi connectivity index (χ3n) is 2.50. The molecule has 0 unspecified atom stereocenters. The van der Waals surface area contributed by atoms with Crippen LogP contribution in [-0.4, -0.2) is 18.8 Å². The lowest BCUT2D eigenvalue weighted by Gasteiger charge is -2.14. The van der Waals surface area contributed by atoms with Gasteiger partial charge in [-0.2, -0.15) is 0 Å². The smallest absolute Gasteiger partial charge is 0.280 e. The van der Waals surface area contributed by atoms with E-state index in [1.165, 1.54) is 12.1 Å². The summed E-state index contributed by atoms with van der Waals surface area (Å²) in [6, 6.07) is 7.01. The first-order chi connectivity index (χ1) is 7.81. The molecule has 0 aliphatic rings. The summed E-state index contributed by atoms with van der Waals surface area (Å²) in [5.41, 5.74) is 0.142. The van der Waals surface area contributed by atoms with Crippen molar-refractivity contribution in [2.75, 3.05) is 0 Å². The van der Waals surface area contributed by atoms with Crippen LogP contribution in [0.2, 0.25) is 25.7 Å². The average Bonchev–Trinajstić information content (AvgIpc) is 2.25. The average molecular weight is 251 g/mol. The Morgan fingerprint density at radius 3 is 2.41 bits per heavy atom. The highest BCUT2D eigenvalue weighted by Crippen LogP contribution is 2.21. The minimum Gasteiger partial charge on any atom is -0.294 e. The number of rotatable bonds is 5. The molecule has 1 rings (SSSR count). The molecule has 1 aromatic carbocycles. The van der Waals surface area contributed by atoms with Crippen molar-refractivity contribution >= 4 is 19.5 Å². The van der Waals surface area contributed by atoms with E-state index in [9.17, 15) is 14.9 Å². The predicted octanol–water partition coefficient (Wildman–Crippen LogP) is 3.51. The largest absolute Gasteiger partial charge is 0.294 e. The molecule has 17 heavy (non-hydrogen) atoms. The first kappa shape index (κ1) is 13.6. The number of nitro benzene ring substituents is 1. The standard InChI is InChI=1S/C12H17NO3Si/c1-17(2,3)9-8-12(14)10-6-4-5-7-11(10)13(15)16/h4-7H,8-9H2,1-3H3. The number of nitrogens with zero attached hydrogens (tertiary/aromatic N) is 1. The second-order valence-electron chi connectivity index (χ2n) is 5.26. The van der Waals surface area contributed by atoms with Crippen LogP contribution in [0.1, 0.15) is 16.8 Å². The lowest BCUT2D eigenvalue weighted by Crippen LogP contribution is -2.20. The molecule has 0 bridgehead atoms. The lowest BCUT2D eigenvalue weighted by molar-refractivity contribution is -0.385. The number of para-hydroxylation sites is 1. The van der Waals surface area contributed by atoms with Crippen LogP contribution in [-0.2, 0) is 0 Å². The van der Waals surface area contributed by atoms with Crippen molar-refractivity contribution in [3.05, 3.63) is 39.9 Å². The fourth-order valence-corrected chi connectivity index (χ4v) is 2.47. The Bertz CT molecular complexity index is 438. The zero-order valence-corrected chi connectivity index (χ0v) is 11.4. The van der Waals surface area contributed by atoms with Gasteiger partial charge in [-0.05, 0) is 6.07 Å². The van der Waals surface area contributed by atoms with E-state index in [0.29, 0.717) is 6.42 Å². The second kappa shape index (κ2) is 5.22. The van der Waals surface area contributed by atoms with Gasteiger partial charge in [0.05, 0.1) is 10.5 Å². The number of ketones is 1. The van der Waals surface area contributed by atoms with Gasteiger partial charge in [0.25, 0.3) is 5.69 Å². The van der Waals surface area contributed by atoms with E-state index in [2.05, 4.69) is 19.6 Å². The number of nitro groups is 1. The minimum atomic E-state index is -1.29. The summed E-state index contributed by atoms with van der Waals surface area (Å²) in [6.45, 7) is 6.54. The molecule has 92 valence electrons. The van der Waals surface area contributed by atoms with Crippen LogP contribution in [0.15, 0.2) is 24.3 Å². The molecular weight excluding hydrogens is 234 g/mol. The third kappa shape index (κ3) is 4.11. The van der Waals surface area contributed by atoms with Crippen molar-refractivity contribution < 1.29 is 9.72 Å². The van der Waals surface area contributed by atoms with E-state index in [0.717, 1.165) is 6.04 Å². The van der Waals surface area contributed by atoms with Crippen LogP contribution >= 0.6 is 0 Å². The van der Waals surface area contributed by atoms with E-state index >= 15 is 0 Å². The predicted molar refractivity (Wildman–Crippen MR) is 70.2 cm³/mol. The molecule has 0 fully saturated rings. The minimum absolute atomic E-state index is 0.0897. The van der Waals surface area contributed by atoms with Crippen molar-refractivity contribution in [3.8, 4) is 0 Å². The second-order valence-corrected chi connectivity index (χ2v) is 10.9. The van der Waals surface area contributed by atoms with Crippen LogP contribution in [0.25, 0.3) is 0 Å². The third-order valence-corrected chi connectivity index (χ3v) is 4.25. The molecule has 0 amide bonds. The number of carbonyl (C=O) groups is 1. The van der Waals surface area contributed by atoms with E-state index in [-0.39, 0.29) is 17.0 Å². The highest BCUT2D eigenvalue weighted by atomic mass is 28.3. The van der Waals surface area contributed by atoms with Gasteiger partial charge in [0.2, 0.25) is 0 Å². The molecule has 0 spiro atoms. The maximum absolute atomic E-state index is 11.9. The number of hydrogen-bond acceptors (Lipinski definition) is 3. The van der Waals surface area contributed by atoms with Gasteiger partial charge in [0, 0.05) is 20.6 Å². The van der Waals surface area contributed by atoms with Crippen LogP contribution in [0.5, 0.6) is 0 Å². The summed E-state index contributed by atoms with van der Waals surface area (Å²) in [7, 11) is -1.29. The SMILES string of the molecule is C[Si](C)(C)CCC(=O)c1ccccc1[N+](=O)[O-]. The Hall–Kier alpha value is -1.49. The molecule has 0 N–H and O–H groups in total. The van der Waals surface area contributed by atoms with Crippen molar-refractivity contribution in [1.29, 1.82) is 0 Å². The quantitative estimate of drug-likeness (QED) is 0.348. The summed E-state index contributed by atoms with van der Waals surface area (Å²) in [5.74, 6) is -0.125. The molecule has 0 heterocycles. The van der Waals surface area contributed by atoms with Crippen molar-refractivity contribution in [1.82, 2.24) is 0 Å². The fraction of sp³-hybridized carbons (Fsp3) is 0.417. The summed E-state index contributed by atoms with van der Waals surface area (Å²) < 4.78 is 0. The van der Waals surface area contributed by atoms with Crippen LogP contribution in [0, 0.1) is 10.1 Å². The molecule has 0 atom stereocenters. The van der Waals surface area contributed by atoms with E-state index in [4.69, 9.17) is 0 Å². The van der Waals surface area contributed by atoms with Gasteiger partial charge in [-0.3, -0.25) is 14.9 Å². The molecule has 5 heteroatoms. The Morgan fingerprint density at radius 2 is 1.88 bits per heavy atom. The highest BCUT2D eigenvalue weighted by molar-refractivity contribution is 6.76. The molecular formula is C12H17NO3Si. The van der Waals surface area contributed by atoms with Gasteiger partial charge >= 0.3 is 0 Å². The van der Waals surface area contributed by atoms with Crippen LogP contribution in [0.3, 0.4) is 0 Å². The first-order valence-corrected chi connectivity index (χ1v) is 9.28. The molecule has 0 saturated heterocycles. The zero-order chi connectivity index (χ0) is 13.1. The summed E-state index contributed by atoms with van der Waals surface area (Å²) in [4.78, 5) is 22.2. The normalized spacial score (nSPS) is 11.2. The van der Waals surface area contributed by atoms with Crippen LogP contribution < -0.4 is 0 Å². The maximum Gasteiger partial charge on any atom is 0.280 e. The van der Waals surface area contributed by atoms with Gasteiger partial charge < -0.3 is 0 Å². The monoisotopic (exact) mass is 251 g/mol. The van der Waals surface area contributed by atoms with Crippen molar-refractivity contribution in [2.24, 2.45) is 0 Å². The lowest BCUT2D eigenvalue weighted by atomic mass is 10.1. The van der Waals surface area contributed by atoms with Crippen molar-refractivity contribution in [2.45, 2.75) is 32.1 Å². The van der Waals surface area contributed by atoms with E-state index < -0.39 is 13.0 Å². The number of hydrogen-bond donors (Lipinski definition) is 0. The van der Waals surface area contributed by atoms with Gasteiger partial charge in [-0.25, -0.2) is 0 Å². The van der Waals surface area contributed by atoms with Crippen LogP contribution in [0.4, 0.5) is 5.69 Å². The fourth-order valence-electron chi connectivity index (χ4n) is 1.49. The van der Waals surface area contributed by atoms with Gasteiger partial charge in [0.15, 0.2) is 5.78 Å². The number of benzene rings is 1. The van der Waals surface area contributed by atoms with Crippen molar-refractivity contribution in [3.63, 3.8) is 0 Å². The molecule has 0 radical (unpaired) electrons.